The van der Waals surface area contributed by atoms with Crippen molar-refractivity contribution in [3.05, 3.63) is 48.3 Å². The van der Waals surface area contributed by atoms with Crippen LogP contribution in [-0.2, 0) is 0 Å². The standard InChI is InChI=1S/C12H10N2O3/c15-10-5-1-4-9(11(10)16)12(17)14-8-3-2-6-13-7-8/h1-7,15-16H,(H,14,17). The molecule has 0 unspecified atom stereocenters. The second-order valence-electron chi connectivity index (χ2n) is 3.37. The second-order valence-corrected chi connectivity index (χ2v) is 3.37. The number of para-hydroxylation sites is 1. The zero-order valence-corrected chi connectivity index (χ0v) is 8.79. The number of phenols is 2. The predicted octanol–water partition coefficient (Wildman–Crippen LogP) is 1.75. The van der Waals surface area contributed by atoms with E-state index in [-0.39, 0.29) is 11.3 Å². The van der Waals surface area contributed by atoms with Crippen LogP contribution >= 0.6 is 0 Å². The van der Waals surface area contributed by atoms with Crippen LogP contribution in [0.2, 0.25) is 0 Å². The van der Waals surface area contributed by atoms with E-state index in [4.69, 9.17) is 0 Å². The summed E-state index contributed by atoms with van der Waals surface area (Å²) in [5.41, 5.74) is 0.522. The first kappa shape index (κ1) is 10.9. The smallest absolute Gasteiger partial charge is 0.259 e. The van der Waals surface area contributed by atoms with Gasteiger partial charge in [-0.1, -0.05) is 6.07 Å². The van der Waals surface area contributed by atoms with Crippen molar-refractivity contribution >= 4 is 11.6 Å². The summed E-state index contributed by atoms with van der Waals surface area (Å²) in [6.45, 7) is 0. The summed E-state index contributed by atoms with van der Waals surface area (Å²) in [6.07, 6.45) is 3.07. The molecule has 0 aliphatic heterocycles. The number of carbonyl (C=O) groups is 1. The van der Waals surface area contributed by atoms with Crippen LogP contribution in [0.15, 0.2) is 42.7 Å². The van der Waals surface area contributed by atoms with Crippen molar-refractivity contribution in [1.82, 2.24) is 4.98 Å². The number of phenolic OH excluding ortho intramolecular Hbond substituents is 2. The van der Waals surface area contributed by atoms with Crippen LogP contribution in [0.25, 0.3) is 0 Å². The number of nitrogens with zero attached hydrogens (tertiary/aromatic N) is 1. The maximum absolute atomic E-state index is 11.8. The second kappa shape index (κ2) is 4.52. The van der Waals surface area contributed by atoms with Crippen LogP contribution in [0.3, 0.4) is 0 Å². The molecule has 0 saturated carbocycles. The average Bonchev–Trinajstić information content (AvgIpc) is 2.34. The highest BCUT2D eigenvalue weighted by atomic mass is 16.3. The summed E-state index contributed by atoms with van der Waals surface area (Å²) in [6, 6.07) is 7.55. The Kier molecular flexibility index (Phi) is 2.91. The molecule has 1 aromatic heterocycles. The number of hydrogen-bond acceptors (Lipinski definition) is 4. The van der Waals surface area contributed by atoms with Gasteiger partial charge in [-0.2, -0.15) is 0 Å². The lowest BCUT2D eigenvalue weighted by Gasteiger charge is -2.06. The van der Waals surface area contributed by atoms with Gasteiger partial charge in [-0.25, -0.2) is 0 Å². The highest BCUT2D eigenvalue weighted by molar-refractivity contribution is 6.06. The zero-order chi connectivity index (χ0) is 12.3. The fraction of sp³-hybridized carbons (Fsp3) is 0. The summed E-state index contributed by atoms with van der Waals surface area (Å²) < 4.78 is 0. The molecule has 0 atom stereocenters. The molecule has 1 amide bonds. The molecular formula is C12H10N2O3. The Hall–Kier alpha value is -2.56. The van der Waals surface area contributed by atoms with Crippen molar-refractivity contribution in [3.8, 4) is 11.5 Å². The highest BCUT2D eigenvalue weighted by Gasteiger charge is 2.13. The minimum absolute atomic E-state index is 0.00820. The predicted molar refractivity (Wildman–Crippen MR) is 62.0 cm³/mol. The summed E-state index contributed by atoms with van der Waals surface area (Å²) in [4.78, 5) is 15.6. The van der Waals surface area contributed by atoms with E-state index < -0.39 is 11.7 Å². The average molecular weight is 230 g/mol. The molecule has 86 valence electrons. The summed E-state index contributed by atoms with van der Waals surface area (Å²) >= 11 is 0. The maximum atomic E-state index is 11.8. The Morgan fingerprint density at radius 1 is 1.18 bits per heavy atom. The molecule has 0 bridgehead atoms. The Morgan fingerprint density at radius 2 is 2.00 bits per heavy atom. The molecule has 0 radical (unpaired) electrons. The number of aromatic nitrogens is 1. The van der Waals surface area contributed by atoms with Gasteiger partial charge in [-0.3, -0.25) is 9.78 Å². The van der Waals surface area contributed by atoms with Crippen molar-refractivity contribution in [2.24, 2.45) is 0 Å². The lowest BCUT2D eigenvalue weighted by atomic mass is 10.1. The number of amides is 1. The van der Waals surface area contributed by atoms with Crippen molar-refractivity contribution < 1.29 is 15.0 Å². The zero-order valence-electron chi connectivity index (χ0n) is 8.79. The molecule has 0 spiro atoms. The van der Waals surface area contributed by atoms with E-state index >= 15 is 0 Å². The van der Waals surface area contributed by atoms with Gasteiger partial charge in [0.1, 0.15) is 0 Å². The number of pyridine rings is 1. The molecule has 1 aromatic carbocycles. The fourth-order valence-corrected chi connectivity index (χ4v) is 1.35. The van der Waals surface area contributed by atoms with E-state index in [1.807, 2.05) is 0 Å². The fourth-order valence-electron chi connectivity index (χ4n) is 1.35. The molecule has 5 nitrogen and oxygen atoms in total. The van der Waals surface area contributed by atoms with Gasteiger partial charge in [-0.15, -0.1) is 0 Å². The summed E-state index contributed by atoms with van der Waals surface area (Å²) in [5.74, 6) is -1.27. The van der Waals surface area contributed by atoms with Crippen molar-refractivity contribution in [1.29, 1.82) is 0 Å². The van der Waals surface area contributed by atoms with E-state index in [2.05, 4.69) is 10.3 Å². The quantitative estimate of drug-likeness (QED) is 0.686. The van der Waals surface area contributed by atoms with Crippen molar-refractivity contribution in [2.75, 3.05) is 5.32 Å². The van der Waals surface area contributed by atoms with Gasteiger partial charge in [0.25, 0.3) is 5.91 Å². The number of benzene rings is 1. The minimum Gasteiger partial charge on any atom is -0.504 e. The maximum Gasteiger partial charge on any atom is 0.259 e. The molecule has 0 saturated heterocycles. The van der Waals surface area contributed by atoms with Gasteiger partial charge in [0.15, 0.2) is 11.5 Å². The van der Waals surface area contributed by atoms with Crippen molar-refractivity contribution in [3.63, 3.8) is 0 Å². The Balaban J connectivity index is 2.24. The molecule has 0 aliphatic rings. The van der Waals surface area contributed by atoms with Crippen LogP contribution in [-0.4, -0.2) is 21.1 Å². The number of nitrogens with one attached hydrogen (secondary N) is 1. The molecular weight excluding hydrogens is 220 g/mol. The Morgan fingerprint density at radius 3 is 2.71 bits per heavy atom. The van der Waals surface area contributed by atoms with Gasteiger partial charge < -0.3 is 15.5 Å². The SMILES string of the molecule is O=C(Nc1cccnc1)c1cccc(O)c1O. The van der Waals surface area contributed by atoms with E-state index in [1.165, 1.54) is 24.4 Å². The Bertz CT molecular complexity index is 541. The van der Waals surface area contributed by atoms with E-state index in [0.717, 1.165) is 0 Å². The number of carbonyl (C=O) groups excluding carboxylic acids is 1. The molecule has 1 heterocycles. The van der Waals surface area contributed by atoms with Gasteiger partial charge in [0.2, 0.25) is 0 Å². The van der Waals surface area contributed by atoms with Crippen LogP contribution in [0.5, 0.6) is 11.5 Å². The number of aromatic hydroxyl groups is 2. The molecule has 3 N–H and O–H groups in total. The normalized spacial score (nSPS) is 9.88. The topological polar surface area (TPSA) is 82.5 Å². The molecule has 0 aliphatic carbocycles. The summed E-state index contributed by atoms with van der Waals surface area (Å²) in [7, 11) is 0. The lowest BCUT2D eigenvalue weighted by Crippen LogP contribution is -2.12. The van der Waals surface area contributed by atoms with Crippen LogP contribution < -0.4 is 5.32 Å². The third-order valence-corrected chi connectivity index (χ3v) is 2.18. The van der Waals surface area contributed by atoms with Gasteiger partial charge in [0.05, 0.1) is 17.4 Å². The monoisotopic (exact) mass is 230 g/mol. The largest absolute Gasteiger partial charge is 0.504 e. The van der Waals surface area contributed by atoms with Crippen LogP contribution in [0.4, 0.5) is 5.69 Å². The van der Waals surface area contributed by atoms with Gasteiger partial charge in [0, 0.05) is 6.20 Å². The molecule has 5 heteroatoms. The van der Waals surface area contributed by atoms with E-state index in [9.17, 15) is 15.0 Å². The summed E-state index contributed by atoms with van der Waals surface area (Å²) in [5, 5.41) is 21.3. The van der Waals surface area contributed by atoms with Crippen LogP contribution in [0.1, 0.15) is 10.4 Å². The van der Waals surface area contributed by atoms with Crippen LogP contribution in [0, 0.1) is 0 Å². The molecule has 0 fully saturated rings. The Labute approximate surface area is 97.4 Å². The van der Waals surface area contributed by atoms with Gasteiger partial charge in [-0.05, 0) is 24.3 Å². The first-order valence-corrected chi connectivity index (χ1v) is 4.91. The molecule has 2 rings (SSSR count). The molecule has 17 heavy (non-hydrogen) atoms. The van der Waals surface area contributed by atoms with E-state index in [0.29, 0.717) is 5.69 Å². The van der Waals surface area contributed by atoms with Crippen molar-refractivity contribution in [2.45, 2.75) is 0 Å². The molecule has 2 aromatic rings. The number of hydrogen-bond donors (Lipinski definition) is 3. The first-order valence-electron chi connectivity index (χ1n) is 4.91. The third-order valence-electron chi connectivity index (χ3n) is 2.18. The van der Waals surface area contributed by atoms with E-state index in [1.54, 1.807) is 18.3 Å². The third kappa shape index (κ3) is 2.34. The highest BCUT2D eigenvalue weighted by Crippen LogP contribution is 2.28. The van der Waals surface area contributed by atoms with Gasteiger partial charge >= 0.3 is 0 Å². The lowest BCUT2D eigenvalue weighted by molar-refractivity contribution is 0.102. The minimum atomic E-state index is -0.508. The number of anilines is 1. The number of rotatable bonds is 2. The first-order chi connectivity index (χ1) is 8.18.